The molecule has 0 saturated heterocycles. The Morgan fingerprint density at radius 2 is 2.35 bits per heavy atom. The van der Waals surface area contributed by atoms with E-state index in [2.05, 4.69) is 9.97 Å². The number of hydrogen-bond donors (Lipinski definition) is 1. The standard InChI is InChI=1S/C11H13N3O2S/c1-2-4-14(6-9(15)16)10-8-3-5-17-11(8)13-7-12-10/h3,5,7H,2,4,6H2,1H3,(H,15,16). The second-order valence-electron chi connectivity index (χ2n) is 3.65. The molecule has 0 unspecified atom stereocenters. The van der Waals surface area contributed by atoms with Gasteiger partial charge in [0.1, 0.15) is 23.5 Å². The van der Waals surface area contributed by atoms with Crippen LogP contribution in [0.5, 0.6) is 0 Å². The Morgan fingerprint density at radius 3 is 3.06 bits per heavy atom. The molecule has 0 spiro atoms. The van der Waals surface area contributed by atoms with Gasteiger partial charge in [0, 0.05) is 6.54 Å². The van der Waals surface area contributed by atoms with Crippen LogP contribution in [0.3, 0.4) is 0 Å². The zero-order valence-corrected chi connectivity index (χ0v) is 10.3. The summed E-state index contributed by atoms with van der Waals surface area (Å²) in [4.78, 5) is 21.9. The van der Waals surface area contributed by atoms with Crippen molar-refractivity contribution in [1.82, 2.24) is 9.97 Å². The molecule has 6 heteroatoms. The van der Waals surface area contributed by atoms with Crippen molar-refractivity contribution in [1.29, 1.82) is 0 Å². The molecule has 0 saturated carbocycles. The van der Waals surface area contributed by atoms with E-state index in [4.69, 9.17) is 5.11 Å². The van der Waals surface area contributed by atoms with Crippen LogP contribution in [0, 0.1) is 0 Å². The topological polar surface area (TPSA) is 66.3 Å². The number of fused-ring (bicyclic) bond motifs is 1. The summed E-state index contributed by atoms with van der Waals surface area (Å²) in [6.07, 6.45) is 2.36. The van der Waals surface area contributed by atoms with Gasteiger partial charge in [-0.2, -0.15) is 0 Å². The van der Waals surface area contributed by atoms with Crippen LogP contribution in [-0.4, -0.2) is 34.1 Å². The summed E-state index contributed by atoms with van der Waals surface area (Å²) in [6.45, 7) is 2.66. The van der Waals surface area contributed by atoms with Gasteiger partial charge >= 0.3 is 5.97 Å². The molecule has 5 nitrogen and oxygen atoms in total. The Kier molecular flexibility index (Phi) is 3.53. The van der Waals surface area contributed by atoms with E-state index in [0.717, 1.165) is 16.6 Å². The number of anilines is 1. The molecule has 0 radical (unpaired) electrons. The van der Waals surface area contributed by atoms with Crippen molar-refractivity contribution in [2.45, 2.75) is 13.3 Å². The summed E-state index contributed by atoms with van der Waals surface area (Å²) < 4.78 is 0. The molecule has 2 aromatic rings. The van der Waals surface area contributed by atoms with Gasteiger partial charge in [0.2, 0.25) is 0 Å². The number of rotatable bonds is 5. The first-order valence-corrected chi connectivity index (χ1v) is 6.25. The lowest BCUT2D eigenvalue weighted by Gasteiger charge is -2.21. The molecule has 1 N–H and O–H groups in total. The highest BCUT2D eigenvalue weighted by atomic mass is 32.1. The third-order valence-electron chi connectivity index (χ3n) is 2.36. The van der Waals surface area contributed by atoms with E-state index in [1.54, 1.807) is 4.90 Å². The molecule has 90 valence electrons. The number of nitrogens with zero attached hydrogens (tertiary/aromatic N) is 3. The van der Waals surface area contributed by atoms with Crippen LogP contribution >= 0.6 is 11.3 Å². The highest BCUT2D eigenvalue weighted by molar-refractivity contribution is 7.16. The minimum atomic E-state index is -0.847. The van der Waals surface area contributed by atoms with Gasteiger partial charge in [0.05, 0.1) is 5.39 Å². The van der Waals surface area contributed by atoms with Crippen molar-refractivity contribution in [3.63, 3.8) is 0 Å². The first kappa shape index (κ1) is 11.8. The highest BCUT2D eigenvalue weighted by Crippen LogP contribution is 2.26. The number of aromatic nitrogens is 2. The molecule has 0 aliphatic rings. The Labute approximate surface area is 103 Å². The van der Waals surface area contributed by atoms with Gasteiger partial charge in [0.15, 0.2) is 0 Å². The van der Waals surface area contributed by atoms with E-state index < -0.39 is 5.97 Å². The fourth-order valence-corrected chi connectivity index (χ4v) is 2.45. The minimum Gasteiger partial charge on any atom is -0.480 e. The largest absolute Gasteiger partial charge is 0.480 e. The summed E-state index contributed by atoms with van der Waals surface area (Å²) in [5, 5.41) is 11.8. The predicted molar refractivity (Wildman–Crippen MR) is 67.6 cm³/mol. The lowest BCUT2D eigenvalue weighted by atomic mass is 10.3. The Hall–Kier alpha value is -1.69. The van der Waals surface area contributed by atoms with Crippen LogP contribution < -0.4 is 4.90 Å². The monoisotopic (exact) mass is 251 g/mol. The Bertz CT molecular complexity index is 526. The van der Waals surface area contributed by atoms with Gasteiger partial charge in [-0.1, -0.05) is 6.92 Å². The first-order chi connectivity index (χ1) is 8.22. The number of carboxylic acid groups (broad SMARTS) is 1. The highest BCUT2D eigenvalue weighted by Gasteiger charge is 2.14. The fourth-order valence-electron chi connectivity index (χ4n) is 1.72. The third kappa shape index (κ3) is 2.52. The van der Waals surface area contributed by atoms with Gasteiger partial charge < -0.3 is 10.0 Å². The second kappa shape index (κ2) is 5.09. The normalized spacial score (nSPS) is 10.6. The maximum Gasteiger partial charge on any atom is 0.323 e. The molecule has 2 aromatic heterocycles. The molecule has 0 aliphatic heterocycles. The molecule has 2 rings (SSSR count). The summed E-state index contributed by atoms with van der Waals surface area (Å²) in [5.74, 6) is -0.138. The van der Waals surface area contributed by atoms with E-state index in [9.17, 15) is 4.79 Å². The van der Waals surface area contributed by atoms with Crippen LogP contribution in [-0.2, 0) is 4.79 Å². The number of thiophene rings is 1. The zero-order valence-electron chi connectivity index (χ0n) is 9.46. The fraction of sp³-hybridized carbons (Fsp3) is 0.364. The van der Waals surface area contributed by atoms with Crippen LogP contribution in [0.25, 0.3) is 10.2 Å². The zero-order chi connectivity index (χ0) is 12.3. The van der Waals surface area contributed by atoms with Crippen molar-refractivity contribution in [2.75, 3.05) is 18.0 Å². The van der Waals surface area contributed by atoms with Gasteiger partial charge in [-0.25, -0.2) is 9.97 Å². The van der Waals surface area contributed by atoms with Crippen LogP contribution in [0.4, 0.5) is 5.82 Å². The molecule has 0 fully saturated rings. The molecule has 2 heterocycles. The third-order valence-corrected chi connectivity index (χ3v) is 3.18. The van der Waals surface area contributed by atoms with E-state index >= 15 is 0 Å². The number of aliphatic carboxylic acids is 1. The molecular weight excluding hydrogens is 238 g/mol. The Balaban J connectivity index is 2.40. The van der Waals surface area contributed by atoms with Crippen LogP contribution in [0.15, 0.2) is 17.8 Å². The predicted octanol–water partition coefficient (Wildman–Crippen LogP) is 1.99. The molecule has 17 heavy (non-hydrogen) atoms. The van der Waals surface area contributed by atoms with Gasteiger partial charge in [-0.05, 0) is 17.9 Å². The summed E-state index contributed by atoms with van der Waals surface area (Å²) >= 11 is 1.53. The van der Waals surface area contributed by atoms with Gasteiger partial charge in [0.25, 0.3) is 0 Å². The average molecular weight is 251 g/mol. The van der Waals surface area contributed by atoms with E-state index in [0.29, 0.717) is 12.4 Å². The minimum absolute atomic E-state index is 0.0319. The average Bonchev–Trinajstić information content (AvgIpc) is 2.75. The smallest absolute Gasteiger partial charge is 0.323 e. The van der Waals surface area contributed by atoms with Crippen LogP contribution in [0.2, 0.25) is 0 Å². The SMILES string of the molecule is CCCN(CC(=O)O)c1ncnc2sccc12. The molecule has 0 aromatic carbocycles. The quantitative estimate of drug-likeness (QED) is 0.880. The van der Waals surface area contributed by atoms with E-state index in [1.165, 1.54) is 17.7 Å². The van der Waals surface area contributed by atoms with Crippen molar-refractivity contribution in [2.24, 2.45) is 0 Å². The molecular formula is C11H13N3O2S. The van der Waals surface area contributed by atoms with E-state index in [1.807, 2.05) is 18.4 Å². The van der Waals surface area contributed by atoms with Gasteiger partial charge in [-0.15, -0.1) is 11.3 Å². The molecule has 0 amide bonds. The van der Waals surface area contributed by atoms with E-state index in [-0.39, 0.29) is 6.54 Å². The second-order valence-corrected chi connectivity index (χ2v) is 4.55. The van der Waals surface area contributed by atoms with Crippen LogP contribution in [0.1, 0.15) is 13.3 Å². The number of carbonyl (C=O) groups is 1. The molecule has 0 atom stereocenters. The van der Waals surface area contributed by atoms with Crippen molar-refractivity contribution >= 4 is 33.3 Å². The summed E-state index contributed by atoms with van der Waals surface area (Å²) in [7, 11) is 0. The maximum absolute atomic E-state index is 10.8. The first-order valence-electron chi connectivity index (χ1n) is 5.37. The molecule has 0 bridgehead atoms. The summed E-state index contributed by atoms with van der Waals surface area (Å²) in [6, 6.07) is 1.93. The van der Waals surface area contributed by atoms with Crippen molar-refractivity contribution in [3.05, 3.63) is 17.8 Å². The van der Waals surface area contributed by atoms with Crippen molar-refractivity contribution < 1.29 is 9.90 Å². The van der Waals surface area contributed by atoms with Gasteiger partial charge in [-0.3, -0.25) is 4.79 Å². The van der Waals surface area contributed by atoms with Crippen molar-refractivity contribution in [3.8, 4) is 0 Å². The Morgan fingerprint density at radius 1 is 1.53 bits per heavy atom. The molecule has 0 aliphatic carbocycles. The number of carboxylic acids is 1. The summed E-state index contributed by atoms with van der Waals surface area (Å²) in [5.41, 5.74) is 0. The maximum atomic E-state index is 10.8. The lowest BCUT2D eigenvalue weighted by Crippen LogP contribution is -2.31. The lowest BCUT2D eigenvalue weighted by molar-refractivity contribution is -0.135. The number of hydrogen-bond acceptors (Lipinski definition) is 5.